The fourth-order valence-corrected chi connectivity index (χ4v) is 2.38. The monoisotopic (exact) mass is 239 g/mol. The van der Waals surface area contributed by atoms with Crippen molar-refractivity contribution >= 4 is 11.6 Å². The molecule has 88 valence electrons. The molecule has 0 radical (unpaired) electrons. The van der Waals surface area contributed by atoms with E-state index in [9.17, 15) is 5.11 Å². The van der Waals surface area contributed by atoms with E-state index in [1.54, 1.807) is 6.92 Å². The molecule has 0 saturated carbocycles. The first-order valence-corrected chi connectivity index (χ1v) is 6.23. The summed E-state index contributed by atoms with van der Waals surface area (Å²) in [4.78, 5) is 2.42. The van der Waals surface area contributed by atoms with Gasteiger partial charge < -0.3 is 5.11 Å². The van der Waals surface area contributed by atoms with Crippen LogP contribution in [0.3, 0.4) is 0 Å². The van der Waals surface area contributed by atoms with Crippen molar-refractivity contribution in [2.24, 2.45) is 0 Å². The van der Waals surface area contributed by atoms with E-state index in [1.165, 1.54) is 25.9 Å². The molecule has 0 aliphatic carbocycles. The number of hydrogen-bond acceptors (Lipinski definition) is 2. The van der Waals surface area contributed by atoms with Crippen molar-refractivity contribution in [1.29, 1.82) is 0 Å². The number of aliphatic hydroxyl groups is 1. The summed E-state index contributed by atoms with van der Waals surface area (Å²) in [7, 11) is 0. The third-order valence-electron chi connectivity index (χ3n) is 3.15. The van der Waals surface area contributed by atoms with Crippen LogP contribution in [-0.4, -0.2) is 23.1 Å². The van der Waals surface area contributed by atoms with Gasteiger partial charge in [-0.05, 0) is 50.0 Å². The molecule has 0 amide bonds. The van der Waals surface area contributed by atoms with Gasteiger partial charge in [-0.15, -0.1) is 0 Å². The Morgan fingerprint density at radius 1 is 1.38 bits per heavy atom. The molecular formula is C13H18ClNO. The minimum absolute atomic E-state index is 0.446. The highest BCUT2D eigenvalue weighted by atomic mass is 35.5. The minimum atomic E-state index is -0.446. The summed E-state index contributed by atoms with van der Waals surface area (Å²) >= 11 is 6.21. The van der Waals surface area contributed by atoms with Crippen LogP contribution in [0.4, 0.5) is 0 Å². The maximum absolute atomic E-state index is 9.45. The number of benzene rings is 1. The number of nitrogens with zero attached hydrogens (tertiary/aromatic N) is 1. The molecule has 1 N–H and O–H groups in total. The van der Waals surface area contributed by atoms with Gasteiger partial charge in [0.1, 0.15) is 0 Å². The Morgan fingerprint density at radius 3 is 2.62 bits per heavy atom. The standard InChI is InChI=1S/C13H18ClNO/c1-10(16)11-4-5-12(13(14)8-11)9-15-6-2-3-7-15/h4-5,8,10,16H,2-3,6-7,9H2,1H3. The zero-order valence-corrected chi connectivity index (χ0v) is 10.4. The van der Waals surface area contributed by atoms with E-state index in [0.29, 0.717) is 0 Å². The third-order valence-corrected chi connectivity index (χ3v) is 3.50. The molecule has 3 heteroatoms. The first kappa shape index (κ1) is 11.9. The van der Waals surface area contributed by atoms with Crippen molar-refractivity contribution < 1.29 is 5.11 Å². The molecule has 1 saturated heterocycles. The fraction of sp³-hybridized carbons (Fsp3) is 0.538. The molecule has 1 atom stereocenters. The van der Waals surface area contributed by atoms with E-state index in [1.807, 2.05) is 18.2 Å². The van der Waals surface area contributed by atoms with Gasteiger partial charge in [0.2, 0.25) is 0 Å². The highest BCUT2D eigenvalue weighted by Gasteiger charge is 2.13. The van der Waals surface area contributed by atoms with Gasteiger partial charge in [0, 0.05) is 11.6 Å². The third kappa shape index (κ3) is 2.76. The van der Waals surface area contributed by atoms with Crippen LogP contribution in [-0.2, 0) is 6.54 Å². The second kappa shape index (κ2) is 5.17. The molecule has 0 spiro atoms. The Labute approximate surface area is 102 Å². The van der Waals surface area contributed by atoms with Crippen LogP contribution in [0.2, 0.25) is 5.02 Å². The average molecular weight is 240 g/mol. The first-order chi connectivity index (χ1) is 7.66. The summed E-state index contributed by atoms with van der Waals surface area (Å²) in [5.74, 6) is 0. The van der Waals surface area contributed by atoms with Gasteiger partial charge in [0.15, 0.2) is 0 Å². The summed E-state index contributed by atoms with van der Waals surface area (Å²) in [6.45, 7) is 5.04. The number of aliphatic hydroxyl groups excluding tert-OH is 1. The molecule has 16 heavy (non-hydrogen) atoms. The average Bonchev–Trinajstić information content (AvgIpc) is 2.73. The Morgan fingerprint density at radius 2 is 2.06 bits per heavy atom. The lowest BCUT2D eigenvalue weighted by atomic mass is 10.1. The summed E-state index contributed by atoms with van der Waals surface area (Å²) < 4.78 is 0. The maximum atomic E-state index is 9.45. The predicted octanol–water partition coefficient (Wildman–Crippen LogP) is 2.99. The molecule has 2 rings (SSSR count). The van der Waals surface area contributed by atoms with Gasteiger partial charge >= 0.3 is 0 Å². The van der Waals surface area contributed by atoms with Crippen LogP contribution in [0.25, 0.3) is 0 Å². The molecule has 2 nitrogen and oxygen atoms in total. The van der Waals surface area contributed by atoms with E-state index in [4.69, 9.17) is 11.6 Å². The van der Waals surface area contributed by atoms with Crippen molar-refractivity contribution in [1.82, 2.24) is 4.90 Å². The molecule has 1 fully saturated rings. The molecular weight excluding hydrogens is 222 g/mol. The SMILES string of the molecule is CC(O)c1ccc(CN2CCCC2)c(Cl)c1. The van der Waals surface area contributed by atoms with Gasteiger partial charge in [-0.2, -0.15) is 0 Å². The van der Waals surface area contributed by atoms with E-state index in [2.05, 4.69) is 4.90 Å². The van der Waals surface area contributed by atoms with E-state index in [0.717, 1.165) is 22.7 Å². The molecule has 0 bridgehead atoms. The lowest BCUT2D eigenvalue weighted by Crippen LogP contribution is -2.18. The van der Waals surface area contributed by atoms with E-state index < -0.39 is 6.10 Å². The van der Waals surface area contributed by atoms with Crippen LogP contribution in [0.1, 0.15) is 37.0 Å². The normalized spacial score (nSPS) is 18.9. The number of likely N-dealkylation sites (tertiary alicyclic amines) is 1. The van der Waals surface area contributed by atoms with Crippen LogP contribution in [0.15, 0.2) is 18.2 Å². The maximum Gasteiger partial charge on any atom is 0.0762 e. The van der Waals surface area contributed by atoms with Crippen molar-refractivity contribution in [3.8, 4) is 0 Å². The zero-order valence-electron chi connectivity index (χ0n) is 9.62. The van der Waals surface area contributed by atoms with Crippen LogP contribution < -0.4 is 0 Å². The zero-order chi connectivity index (χ0) is 11.5. The summed E-state index contributed by atoms with van der Waals surface area (Å²) in [6.07, 6.45) is 2.14. The highest BCUT2D eigenvalue weighted by molar-refractivity contribution is 6.31. The minimum Gasteiger partial charge on any atom is -0.389 e. The topological polar surface area (TPSA) is 23.5 Å². The Hall–Kier alpha value is -0.570. The molecule has 1 unspecified atom stereocenters. The second-order valence-electron chi connectivity index (χ2n) is 4.51. The largest absolute Gasteiger partial charge is 0.389 e. The Balaban J connectivity index is 2.09. The van der Waals surface area contributed by atoms with Gasteiger partial charge in [0.05, 0.1) is 6.10 Å². The summed E-state index contributed by atoms with van der Waals surface area (Å²) in [5, 5.41) is 10.2. The molecule has 1 aliphatic heterocycles. The number of hydrogen-bond donors (Lipinski definition) is 1. The summed E-state index contributed by atoms with van der Waals surface area (Å²) in [6, 6.07) is 5.86. The van der Waals surface area contributed by atoms with E-state index >= 15 is 0 Å². The lowest BCUT2D eigenvalue weighted by molar-refractivity contribution is 0.199. The van der Waals surface area contributed by atoms with Gasteiger partial charge in [0.25, 0.3) is 0 Å². The van der Waals surface area contributed by atoms with E-state index in [-0.39, 0.29) is 0 Å². The molecule has 0 aromatic heterocycles. The smallest absolute Gasteiger partial charge is 0.0762 e. The predicted molar refractivity (Wildman–Crippen MR) is 66.6 cm³/mol. The second-order valence-corrected chi connectivity index (χ2v) is 4.92. The highest BCUT2D eigenvalue weighted by Crippen LogP contribution is 2.24. The van der Waals surface area contributed by atoms with Crippen LogP contribution in [0.5, 0.6) is 0 Å². The Bertz CT molecular complexity index is 359. The van der Waals surface area contributed by atoms with Crippen molar-refractivity contribution in [2.45, 2.75) is 32.4 Å². The fourth-order valence-electron chi connectivity index (χ4n) is 2.13. The lowest BCUT2D eigenvalue weighted by Gasteiger charge is -2.16. The molecule has 1 aliphatic rings. The van der Waals surface area contributed by atoms with Gasteiger partial charge in [-0.3, -0.25) is 4.90 Å². The van der Waals surface area contributed by atoms with Crippen LogP contribution in [0, 0.1) is 0 Å². The molecule has 1 aromatic rings. The van der Waals surface area contributed by atoms with Gasteiger partial charge in [-0.1, -0.05) is 23.7 Å². The van der Waals surface area contributed by atoms with Crippen molar-refractivity contribution in [3.63, 3.8) is 0 Å². The van der Waals surface area contributed by atoms with Crippen molar-refractivity contribution in [3.05, 3.63) is 34.3 Å². The molecule has 1 aromatic carbocycles. The Kier molecular flexibility index (Phi) is 3.85. The number of rotatable bonds is 3. The van der Waals surface area contributed by atoms with Crippen LogP contribution >= 0.6 is 11.6 Å². The van der Waals surface area contributed by atoms with Crippen molar-refractivity contribution in [2.75, 3.05) is 13.1 Å². The van der Waals surface area contributed by atoms with Gasteiger partial charge in [-0.25, -0.2) is 0 Å². The number of halogens is 1. The summed E-state index contributed by atoms with van der Waals surface area (Å²) in [5.41, 5.74) is 2.04. The quantitative estimate of drug-likeness (QED) is 0.877. The first-order valence-electron chi connectivity index (χ1n) is 5.85. The molecule has 1 heterocycles.